The predicted octanol–water partition coefficient (Wildman–Crippen LogP) is 2.43. The monoisotopic (exact) mass is 279 g/mol. The third-order valence-corrected chi connectivity index (χ3v) is 3.85. The summed E-state index contributed by atoms with van der Waals surface area (Å²) in [6, 6.07) is 6.64. The highest BCUT2D eigenvalue weighted by Gasteiger charge is 2.20. The molecule has 0 spiro atoms. The van der Waals surface area contributed by atoms with Crippen LogP contribution in [0.15, 0.2) is 29.6 Å². The first-order valence-electron chi connectivity index (χ1n) is 6.18. The summed E-state index contributed by atoms with van der Waals surface area (Å²) < 4.78 is 13.0. The van der Waals surface area contributed by atoms with Crippen LogP contribution >= 0.6 is 11.3 Å². The standard InChI is InChI=1S/C14H18FN3S/c1-18(2)13(10-3-5-11(15)6-4-10)14-17-12(7-8-16)9-19-14/h3-6,9,13H,7-8,16H2,1-2H3. The minimum absolute atomic E-state index is 0.0529. The molecule has 0 saturated heterocycles. The lowest BCUT2D eigenvalue weighted by molar-refractivity contribution is 0.341. The average Bonchev–Trinajstić information content (AvgIpc) is 2.80. The van der Waals surface area contributed by atoms with Crippen molar-refractivity contribution in [2.75, 3.05) is 20.6 Å². The molecular weight excluding hydrogens is 261 g/mol. The number of hydrogen-bond acceptors (Lipinski definition) is 4. The van der Waals surface area contributed by atoms with Gasteiger partial charge in [0.1, 0.15) is 10.8 Å². The number of halogens is 1. The molecule has 0 aliphatic heterocycles. The fourth-order valence-corrected chi connectivity index (χ4v) is 3.09. The number of thiazole rings is 1. The minimum atomic E-state index is -0.218. The number of rotatable bonds is 5. The van der Waals surface area contributed by atoms with E-state index >= 15 is 0 Å². The van der Waals surface area contributed by atoms with Crippen molar-refractivity contribution in [2.24, 2.45) is 5.73 Å². The largest absolute Gasteiger partial charge is 0.330 e. The highest BCUT2D eigenvalue weighted by atomic mass is 32.1. The van der Waals surface area contributed by atoms with E-state index in [0.717, 1.165) is 22.7 Å². The average molecular weight is 279 g/mol. The van der Waals surface area contributed by atoms with Crippen LogP contribution in [0.1, 0.15) is 22.3 Å². The Morgan fingerprint density at radius 3 is 2.58 bits per heavy atom. The molecule has 1 atom stereocenters. The van der Waals surface area contributed by atoms with Crippen molar-refractivity contribution in [3.63, 3.8) is 0 Å². The lowest BCUT2D eigenvalue weighted by Gasteiger charge is -2.22. The molecule has 3 nitrogen and oxygen atoms in total. The zero-order valence-corrected chi connectivity index (χ0v) is 12.0. The molecule has 0 bridgehead atoms. The van der Waals surface area contributed by atoms with Gasteiger partial charge in [-0.05, 0) is 38.3 Å². The van der Waals surface area contributed by atoms with Crippen molar-refractivity contribution in [1.29, 1.82) is 0 Å². The summed E-state index contributed by atoms with van der Waals surface area (Å²) in [4.78, 5) is 6.71. The molecule has 0 aliphatic carbocycles. The molecule has 1 aromatic carbocycles. The lowest BCUT2D eigenvalue weighted by Crippen LogP contribution is -2.21. The molecule has 5 heteroatoms. The van der Waals surface area contributed by atoms with Crippen LogP contribution in [0.5, 0.6) is 0 Å². The van der Waals surface area contributed by atoms with Crippen molar-refractivity contribution >= 4 is 11.3 Å². The molecule has 0 aliphatic rings. The highest BCUT2D eigenvalue weighted by Crippen LogP contribution is 2.29. The highest BCUT2D eigenvalue weighted by molar-refractivity contribution is 7.09. The summed E-state index contributed by atoms with van der Waals surface area (Å²) in [5.41, 5.74) is 7.61. The molecule has 0 radical (unpaired) electrons. The zero-order valence-electron chi connectivity index (χ0n) is 11.1. The maximum atomic E-state index is 13.0. The Kier molecular flexibility index (Phi) is 4.63. The van der Waals surface area contributed by atoms with Crippen molar-refractivity contribution in [1.82, 2.24) is 9.88 Å². The third-order valence-electron chi connectivity index (χ3n) is 2.91. The summed E-state index contributed by atoms with van der Waals surface area (Å²) in [6.07, 6.45) is 0.792. The molecule has 2 aromatic rings. The van der Waals surface area contributed by atoms with E-state index in [1.807, 2.05) is 31.6 Å². The van der Waals surface area contributed by atoms with Gasteiger partial charge < -0.3 is 5.73 Å². The van der Waals surface area contributed by atoms with Crippen molar-refractivity contribution in [3.8, 4) is 0 Å². The Bertz CT molecular complexity index is 522. The fraction of sp³-hybridized carbons (Fsp3) is 0.357. The van der Waals surface area contributed by atoms with Gasteiger partial charge in [0, 0.05) is 11.8 Å². The maximum Gasteiger partial charge on any atom is 0.123 e. The smallest absolute Gasteiger partial charge is 0.123 e. The molecule has 102 valence electrons. The first-order valence-corrected chi connectivity index (χ1v) is 7.06. The first-order chi connectivity index (χ1) is 9.11. The second kappa shape index (κ2) is 6.23. The second-order valence-electron chi connectivity index (χ2n) is 4.63. The van der Waals surface area contributed by atoms with Crippen LogP contribution in [0.3, 0.4) is 0 Å². The van der Waals surface area contributed by atoms with E-state index in [-0.39, 0.29) is 11.9 Å². The van der Waals surface area contributed by atoms with Gasteiger partial charge in [0.2, 0.25) is 0 Å². The van der Waals surface area contributed by atoms with Gasteiger partial charge in [0.05, 0.1) is 11.7 Å². The van der Waals surface area contributed by atoms with Crippen LogP contribution in [0, 0.1) is 5.82 Å². The van der Waals surface area contributed by atoms with E-state index in [0.29, 0.717) is 6.54 Å². The summed E-state index contributed by atoms with van der Waals surface area (Å²) in [5.74, 6) is -0.218. The fourth-order valence-electron chi connectivity index (χ4n) is 2.02. The Labute approximate surface area is 116 Å². The first kappa shape index (κ1) is 14.1. The molecule has 2 N–H and O–H groups in total. The third kappa shape index (κ3) is 3.37. The molecule has 0 saturated carbocycles. The molecule has 1 unspecified atom stereocenters. The summed E-state index contributed by atoms with van der Waals surface area (Å²) in [6.45, 7) is 0.604. The lowest BCUT2D eigenvalue weighted by atomic mass is 10.1. The quantitative estimate of drug-likeness (QED) is 0.914. The van der Waals surface area contributed by atoms with Gasteiger partial charge in [0.25, 0.3) is 0 Å². The van der Waals surface area contributed by atoms with Crippen LogP contribution in [0.2, 0.25) is 0 Å². The summed E-state index contributed by atoms with van der Waals surface area (Å²) in [5, 5.41) is 3.06. The molecule has 0 fully saturated rings. The Morgan fingerprint density at radius 2 is 2.00 bits per heavy atom. The van der Waals surface area contributed by atoms with Crippen LogP contribution in [0.4, 0.5) is 4.39 Å². The van der Waals surface area contributed by atoms with E-state index in [2.05, 4.69) is 9.88 Å². The van der Waals surface area contributed by atoms with Crippen molar-refractivity contribution < 1.29 is 4.39 Å². The summed E-state index contributed by atoms with van der Waals surface area (Å²) >= 11 is 1.62. The van der Waals surface area contributed by atoms with E-state index in [1.54, 1.807) is 11.3 Å². The normalized spacial score (nSPS) is 12.9. The van der Waals surface area contributed by atoms with E-state index in [1.165, 1.54) is 12.1 Å². The van der Waals surface area contributed by atoms with Gasteiger partial charge in [-0.25, -0.2) is 9.37 Å². The van der Waals surface area contributed by atoms with Gasteiger partial charge in [-0.1, -0.05) is 12.1 Å². The Hall–Kier alpha value is -1.30. The SMILES string of the molecule is CN(C)C(c1ccc(F)cc1)c1nc(CCN)cs1. The topological polar surface area (TPSA) is 42.2 Å². The van der Waals surface area contributed by atoms with Gasteiger partial charge in [0.15, 0.2) is 0 Å². The molecule has 2 rings (SSSR count). The van der Waals surface area contributed by atoms with Crippen LogP contribution in [-0.2, 0) is 6.42 Å². The Morgan fingerprint density at radius 1 is 1.32 bits per heavy atom. The molecular formula is C14H18FN3S. The number of aromatic nitrogens is 1. The Balaban J connectivity index is 2.31. The maximum absolute atomic E-state index is 13.0. The van der Waals surface area contributed by atoms with Gasteiger partial charge in [-0.3, -0.25) is 4.90 Å². The minimum Gasteiger partial charge on any atom is -0.330 e. The summed E-state index contributed by atoms with van der Waals surface area (Å²) in [7, 11) is 4.00. The van der Waals surface area contributed by atoms with Crippen LogP contribution < -0.4 is 5.73 Å². The second-order valence-corrected chi connectivity index (χ2v) is 5.52. The number of benzene rings is 1. The van der Waals surface area contributed by atoms with Crippen molar-refractivity contribution in [3.05, 3.63) is 51.7 Å². The van der Waals surface area contributed by atoms with Gasteiger partial charge in [-0.2, -0.15) is 0 Å². The predicted molar refractivity (Wildman–Crippen MR) is 76.8 cm³/mol. The van der Waals surface area contributed by atoms with E-state index in [9.17, 15) is 4.39 Å². The molecule has 0 amide bonds. The van der Waals surface area contributed by atoms with Crippen LogP contribution in [0.25, 0.3) is 0 Å². The van der Waals surface area contributed by atoms with Crippen LogP contribution in [-0.4, -0.2) is 30.5 Å². The number of nitrogens with zero attached hydrogens (tertiary/aromatic N) is 2. The van der Waals surface area contributed by atoms with Gasteiger partial charge in [-0.15, -0.1) is 11.3 Å². The number of nitrogens with two attached hydrogens (primary N) is 1. The molecule has 1 aromatic heterocycles. The van der Waals surface area contributed by atoms with Gasteiger partial charge >= 0.3 is 0 Å². The van der Waals surface area contributed by atoms with Crippen molar-refractivity contribution in [2.45, 2.75) is 12.5 Å². The van der Waals surface area contributed by atoms with E-state index in [4.69, 9.17) is 5.73 Å². The molecule has 19 heavy (non-hydrogen) atoms. The zero-order chi connectivity index (χ0) is 13.8. The number of hydrogen-bond donors (Lipinski definition) is 1. The van der Waals surface area contributed by atoms with E-state index < -0.39 is 0 Å². The molecule has 1 heterocycles.